The maximum atomic E-state index is 12.4. The zero-order valence-corrected chi connectivity index (χ0v) is 22.2. The van der Waals surface area contributed by atoms with Crippen LogP contribution in [0.4, 0.5) is 0 Å². The van der Waals surface area contributed by atoms with Crippen LogP contribution in [0.25, 0.3) is 22.0 Å². The second kappa shape index (κ2) is 11.1. The minimum Gasteiger partial charge on any atom is -0.481 e. The molecule has 0 radical (unpaired) electrons. The molecule has 4 aromatic rings. The summed E-state index contributed by atoms with van der Waals surface area (Å²) in [6.07, 6.45) is 4.48. The minimum atomic E-state index is -0.873. The van der Waals surface area contributed by atoms with Gasteiger partial charge in [0.05, 0.1) is 17.8 Å². The van der Waals surface area contributed by atoms with Crippen molar-refractivity contribution < 1.29 is 14.7 Å². The number of carboxylic acids is 1. The largest absolute Gasteiger partial charge is 0.481 e. The summed E-state index contributed by atoms with van der Waals surface area (Å²) >= 11 is 0. The van der Waals surface area contributed by atoms with E-state index in [1.54, 1.807) is 0 Å². The van der Waals surface area contributed by atoms with Crippen LogP contribution in [0, 0.1) is 0 Å². The number of hydrogen-bond acceptors (Lipinski definition) is 3. The van der Waals surface area contributed by atoms with Gasteiger partial charge in [-0.15, -0.1) is 0 Å². The van der Waals surface area contributed by atoms with E-state index >= 15 is 0 Å². The number of carbonyl (C=O) groups is 2. The predicted octanol–water partition coefficient (Wildman–Crippen LogP) is 7.83. The standard InChI is InChI=1S/C32H36N2O3/c1-5-7-28(23-10-12-24(13-11-23)30(35)8-6-9-31(36)37)34-29-19-16-25(20-26(29)21-33-34)22-14-17-27(18-15-22)32(2,3)4/h10-21,28H,5-9H2,1-4H3,(H,36,37). The Morgan fingerprint density at radius 1 is 0.919 bits per heavy atom. The first kappa shape index (κ1) is 26.3. The maximum Gasteiger partial charge on any atom is 0.303 e. The second-order valence-corrected chi connectivity index (χ2v) is 10.8. The van der Waals surface area contributed by atoms with Crippen molar-refractivity contribution in [2.45, 2.75) is 71.3 Å². The van der Waals surface area contributed by atoms with E-state index in [1.165, 1.54) is 16.7 Å². The highest BCUT2D eigenvalue weighted by molar-refractivity contribution is 5.96. The molecule has 0 saturated carbocycles. The van der Waals surface area contributed by atoms with Crippen LogP contribution in [0.3, 0.4) is 0 Å². The Hall–Kier alpha value is -3.73. The van der Waals surface area contributed by atoms with Crippen LogP contribution < -0.4 is 0 Å². The van der Waals surface area contributed by atoms with Gasteiger partial charge in [-0.05, 0) is 52.6 Å². The van der Waals surface area contributed by atoms with Crippen LogP contribution >= 0.6 is 0 Å². The van der Waals surface area contributed by atoms with Gasteiger partial charge in [-0.3, -0.25) is 14.3 Å². The lowest BCUT2D eigenvalue weighted by Gasteiger charge is -2.20. The van der Waals surface area contributed by atoms with Crippen molar-refractivity contribution in [3.8, 4) is 11.1 Å². The zero-order valence-electron chi connectivity index (χ0n) is 22.2. The summed E-state index contributed by atoms with van der Waals surface area (Å²) in [6.45, 7) is 8.84. The quantitative estimate of drug-likeness (QED) is 0.227. The van der Waals surface area contributed by atoms with Crippen molar-refractivity contribution in [2.24, 2.45) is 0 Å². The molecule has 3 aromatic carbocycles. The van der Waals surface area contributed by atoms with Crippen molar-refractivity contribution in [3.05, 3.63) is 89.6 Å². The molecule has 1 unspecified atom stereocenters. The summed E-state index contributed by atoms with van der Waals surface area (Å²) in [5, 5.41) is 14.7. The van der Waals surface area contributed by atoms with Gasteiger partial charge >= 0.3 is 5.97 Å². The fraction of sp³-hybridized carbons (Fsp3) is 0.344. The predicted molar refractivity (Wildman–Crippen MR) is 149 cm³/mol. The molecule has 1 atom stereocenters. The molecule has 1 heterocycles. The van der Waals surface area contributed by atoms with Gasteiger partial charge in [-0.1, -0.05) is 88.7 Å². The van der Waals surface area contributed by atoms with E-state index in [0.717, 1.165) is 29.3 Å². The van der Waals surface area contributed by atoms with Crippen molar-refractivity contribution in [2.75, 3.05) is 0 Å². The highest BCUT2D eigenvalue weighted by Crippen LogP contribution is 2.31. The van der Waals surface area contributed by atoms with Crippen molar-refractivity contribution in [1.29, 1.82) is 0 Å². The summed E-state index contributed by atoms with van der Waals surface area (Å²) in [4.78, 5) is 23.2. The normalized spacial score (nSPS) is 12.5. The number of fused-ring (bicyclic) bond motifs is 1. The van der Waals surface area contributed by atoms with Crippen LogP contribution in [-0.2, 0) is 10.2 Å². The van der Waals surface area contributed by atoms with Gasteiger partial charge in [0.2, 0.25) is 0 Å². The number of nitrogens with zero attached hydrogens (tertiary/aromatic N) is 2. The molecule has 1 N–H and O–H groups in total. The molecule has 37 heavy (non-hydrogen) atoms. The molecule has 192 valence electrons. The summed E-state index contributed by atoms with van der Waals surface area (Å²) in [6, 6.07) is 23.1. The molecule has 1 aromatic heterocycles. The lowest BCUT2D eigenvalue weighted by Crippen LogP contribution is -2.12. The highest BCUT2D eigenvalue weighted by atomic mass is 16.4. The molecule has 0 bridgehead atoms. The third kappa shape index (κ3) is 6.16. The number of carbonyl (C=O) groups excluding carboxylic acids is 1. The third-order valence-corrected chi connectivity index (χ3v) is 6.95. The van der Waals surface area contributed by atoms with Gasteiger partial charge in [0.15, 0.2) is 5.78 Å². The molecule has 0 fully saturated rings. The second-order valence-electron chi connectivity index (χ2n) is 10.8. The lowest BCUT2D eigenvalue weighted by atomic mass is 9.86. The summed E-state index contributed by atoms with van der Waals surface area (Å²) in [5.41, 5.74) is 6.63. The molecular weight excluding hydrogens is 460 g/mol. The first-order valence-electron chi connectivity index (χ1n) is 13.1. The lowest BCUT2D eigenvalue weighted by molar-refractivity contribution is -0.137. The Morgan fingerprint density at radius 3 is 2.22 bits per heavy atom. The minimum absolute atomic E-state index is 0.0126. The molecule has 5 nitrogen and oxygen atoms in total. The van der Waals surface area contributed by atoms with Gasteiger partial charge in [0, 0.05) is 23.8 Å². The van der Waals surface area contributed by atoms with E-state index < -0.39 is 5.97 Å². The highest BCUT2D eigenvalue weighted by Gasteiger charge is 2.18. The smallest absolute Gasteiger partial charge is 0.303 e. The summed E-state index contributed by atoms with van der Waals surface area (Å²) in [7, 11) is 0. The molecule has 0 aliphatic rings. The average Bonchev–Trinajstić information content (AvgIpc) is 3.29. The van der Waals surface area contributed by atoms with Gasteiger partial charge in [-0.25, -0.2) is 0 Å². The fourth-order valence-electron chi connectivity index (χ4n) is 4.78. The van der Waals surface area contributed by atoms with Gasteiger partial charge < -0.3 is 5.11 Å². The monoisotopic (exact) mass is 496 g/mol. The third-order valence-electron chi connectivity index (χ3n) is 6.95. The molecule has 4 rings (SSSR count). The number of Topliss-reactive ketones (excluding diaryl/α,β-unsaturated/α-hetero) is 1. The molecule has 0 aliphatic carbocycles. The van der Waals surface area contributed by atoms with Crippen molar-refractivity contribution in [1.82, 2.24) is 9.78 Å². The Balaban J connectivity index is 1.57. The van der Waals surface area contributed by atoms with E-state index in [-0.39, 0.29) is 30.1 Å². The molecule has 5 heteroatoms. The number of benzene rings is 3. The maximum absolute atomic E-state index is 12.4. The Labute approximate surface area is 219 Å². The van der Waals surface area contributed by atoms with E-state index in [1.807, 2.05) is 30.5 Å². The van der Waals surface area contributed by atoms with E-state index in [4.69, 9.17) is 10.2 Å². The molecule has 0 spiro atoms. The van der Waals surface area contributed by atoms with Crippen LogP contribution in [0.5, 0.6) is 0 Å². The van der Waals surface area contributed by atoms with Gasteiger partial charge in [0.25, 0.3) is 0 Å². The van der Waals surface area contributed by atoms with E-state index in [0.29, 0.717) is 12.0 Å². The molecule has 0 amide bonds. The molecular formula is C32H36N2O3. The number of ketones is 1. The number of rotatable bonds is 10. The Morgan fingerprint density at radius 2 is 1.59 bits per heavy atom. The number of aromatic nitrogens is 2. The SMILES string of the molecule is CCCC(c1ccc(C(=O)CCCC(=O)O)cc1)n1ncc2cc(-c3ccc(C(C)(C)C)cc3)ccc21. The Bertz CT molecular complexity index is 1380. The number of carboxylic acid groups (broad SMARTS) is 1. The van der Waals surface area contributed by atoms with Crippen molar-refractivity contribution in [3.63, 3.8) is 0 Å². The van der Waals surface area contributed by atoms with Crippen LogP contribution in [0.2, 0.25) is 0 Å². The average molecular weight is 497 g/mol. The number of aliphatic carboxylic acids is 1. The summed E-state index contributed by atoms with van der Waals surface area (Å²) < 4.78 is 2.09. The topological polar surface area (TPSA) is 72.2 Å². The van der Waals surface area contributed by atoms with E-state index in [9.17, 15) is 9.59 Å². The van der Waals surface area contributed by atoms with Crippen LogP contribution in [0.15, 0.2) is 72.9 Å². The fourth-order valence-corrected chi connectivity index (χ4v) is 4.78. The van der Waals surface area contributed by atoms with Crippen LogP contribution in [-0.4, -0.2) is 26.6 Å². The van der Waals surface area contributed by atoms with Crippen LogP contribution in [0.1, 0.15) is 87.3 Å². The summed E-state index contributed by atoms with van der Waals surface area (Å²) in [5.74, 6) is -0.894. The van der Waals surface area contributed by atoms with E-state index in [2.05, 4.69) is 74.8 Å². The Kier molecular flexibility index (Phi) is 7.91. The van der Waals surface area contributed by atoms with Gasteiger partial charge in [0.1, 0.15) is 0 Å². The first-order chi connectivity index (χ1) is 17.7. The first-order valence-corrected chi connectivity index (χ1v) is 13.1. The molecule has 0 saturated heterocycles. The van der Waals surface area contributed by atoms with Gasteiger partial charge in [-0.2, -0.15) is 5.10 Å². The zero-order chi connectivity index (χ0) is 26.6. The molecule has 0 aliphatic heterocycles. The number of hydrogen-bond donors (Lipinski definition) is 1. The van der Waals surface area contributed by atoms with Crippen molar-refractivity contribution >= 4 is 22.7 Å².